The molecule has 130 valence electrons. The average molecular weight is 365 g/mol. The molecule has 1 fully saturated rings. The highest BCUT2D eigenvalue weighted by Crippen LogP contribution is 2.39. The number of aromatic amines is 1. The monoisotopic (exact) mass is 365 g/mol. The summed E-state index contributed by atoms with van der Waals surface area (Å²) in [5, 5.41) is 0. The minimum absolute atomic E-state index is 0.248. The Labute approximate surface area is 137 Å². The maximum Gasteiger partial charge on any atom is 0.330 e. The van der Waals surface area contributed by atoms with Gasteiger partial charge in [-0.25, -0.2) is 4.79 Å². The van der Waals surface area contributed by atoms with Crippen molar-refractivity contribution in [3.8, 4) is 0 Å². The van der Waals surface area contributed by atoms with E-state index in [-0.39, 0.29) is 6.42 Å². The van der Waals surface area contributed by atoms with E-state index in [0.29, 0.717) is 5.56 Å². The maximum absolute atomic E-state index is 11.9. The number of H-pyrrole nitrogens is 1. The van der Waals surface area contributed by atoms with Crippen LogP contribution in [0.3, 0.4) is 0 Å². The molecule has 0 aromatic carbocycles. The van der Waals surface area contributed by atoms with Crippen LogP contribution in [0.25, 0.3) is 0 Å². The van der Waals surface area contributed by atoms with Gasteiger partial charge in [0.15, 0.2) is 0 Å². The Balaban J connectivity index is 2.25. The van der Waals surface area contributed by atoms with Crippen molar-refractivity contribution in [3.63, 3.8) is 0 Å². The zero-order valence-corrected chi connectivity index (χ0v) is 14.3. The molecular weight excluding hydrogens is 347 g/mol. The van der Waals surface area contributed by atoms with Crippen LogP contribution in [0.1, 0.15) is 25.1 Å². The Kier molecular flexibility index (Phi) is 5.55. The lowest BCUT2D eigenvalue weighted by molar-refractivity contribution is -0.194. The molecule has 0 spiro atoms. The summed E-state index contributed by atoms with van der Waals surface area (Å²) < 4.78 is 23.0. The lowest BCUT2D eigenvalue weighted by Gasteiger charge is -2.27. The molecule has 1 saturated heterocycles. The van der Waals surface area contributed by atoms with Gasteiger partial charge in [-0.2, -0.15) is 0 Å². The van der Waals surface area contributed by atoms with Crippen molar-refractivity contribution in [3.05, 3.63) is 32.6 Å². The molecule has 0 bridgehead atoms. The Morgan fingerprint density at radius 1 is 1.65 bits per heavy atom. The van der Waals surface area contributed by atoms with E-state index in [1.807, 2.05) is 0 Å². The molecule has 5 atom stereocenters. The first-order valence-corrected chi connectivity index (χ1v) is 9.05. The molecule has 9 nitrogen and oxygen atoms in total. The molecule has 0 radical (unpaired) electrons. The first-order chi connectivity index (χ1) is 10.6. The minimum atomic E-state index is -4.45. The summed E-state index contributed by atoms with van der Waals surface area (Å²) in [4.78, 5) is 45.6. The maximum atomic E-state index is 11.9. The van der Waals surface area contributed by atoms with Gasteiger partial charge in [0, 0.05) is 24.3 Å². The molecule has 1 aliphatic rings. The first kappa shape index (κ1) is 18.4. The number of hydrogen-bond donors (Lipinski definition) is 3. The van der Waals surface area contributed by atoms with Crippen molar-refractivity contribution >= 4 is 20.5 Å². The molecule has 1 aliphatic heterocycles. The van der Waals surface area contributed by atoms with Crippen LogP contribution in [0, 0.1) is 12.8 Å². The van der Waals surface area contributed by atoms with E-state index in [2.05, 4.69) is 17.9 Å². The van der Waals surface area contributed by atoms with Crippen LogP contribution in [0.5, 0.6) is 0 Å². The number of thiol groups is 1. The van der Waals surface area contributed by atoms with Gasteiger partial charge in [-0.15, -0.1) is 0 Å². The van der Waals surface area contributed by atoms with Crippen molar-refractivity contribution in [2.75, 3.05) is 6.16 Å². The van der Waals surface area contributed by atoms with Gasteiger partial charge in [0.1, 0.15) is 19.9 Å². The fourth-order valence-corrected chi connectivity index (χ4v) is 3.85. The van der Waals surface area contributed by atoms with E-state index < -0.39 is 49.4 Å². The number of ether oxygens (including phenoxy) is 1. The second-order valence-corrected chi connectivity index (χ2v) is 7.56. The van der Waals surface area contributed by atoms with Crippen molar-refractivity contribution in [2.45, 2.75) is 38.7 Å². The third-order valence-corrected chi connectivity index (χ3v) is 5.09. The summed E-state index contributed by atoms with van der Waals surface area (Å²) in [5.74, 6) is -0.565. The van der Waals surface area contributed by atoms with Crippen LogP contribution in [0.2, 0.25) is 0 Å². The summed E-state index contributed by atoms with van der Waals surface area (Å²) >= 11 is 3.76. The standard InChI is InChI=1S/C12H19N2O7PS/c1-6-4-14(12(16)13-11(6)15)9-3-8(21-23)10(20-9)7(2)5-22(17,18)19/h4,7-10,23H,3,5H2,1-2H3,(H,13,15,16)(H2,17,18,19)/p-1/t7-,8?,9-,10-/m1/s1. The van der Waals surface area contributed by atoms with Gasteiger partial charge >= 0.3 is 5.69 Å². The summed E-state index contributed by atoms with van der Waals surface area (Å²) in [6.07, 6.45) is -0.822. The van der Waals surface area contributed by atoms with Crippen molar-refractivity contribution in [2.24, 2.45) is 5.92 Å². The molecule has 11 heteroatoms. The summed E-state index contributed by atoms with van der Waals surface area (Å²) in [6.45, 7) is 3.14. The second-order valence-electron chi connectivity index (χ2n) is 5.71. The van der Waals surface area contributed by atoms with Gasteiger partial charge < -0.3 is 23.3 Å². The van der Waals surface area contributed by atoms with E-state index >= 15 is 0 Å². The molecule has 0 amide bonds. The fraction of sp³-hybridized carbons (Fsp3) is 0.667. The van der Waals surface area contributed by atoms with Crippen molar-refractivity contribution in [1.82, 2.24) is 9.55 Å². The Morgan fingerprint density at radius 2 is 2.30 bits per heavy atom. The Hall–Kier alpha value is -0.900. The molecule has 2 unspecified atom stereocenters. The largest absolute Gasteiger partial charge is 0.779 e. The van der Waals surface area contributed by atoms with Crippen molar-refractivity contribution in [1.29, 1.82) is 0 Å². The fourth-order valence-electron chi connectivity index (χ4n) is 2.71. The molecular formula is C12H18N2O7PS-. The van der Waals surface area contributed by atoms with Crippen LogP contribution < -0.4 is 16.1 Å². The summed E-state index contributed by atoms with van der Waals surface area (Å²) in [5.41, 5.74) is -0.773. The molecule has 1 aromatic heterocycles. The number of nitrogens with zero attached hydrogens (tertiary/aromatic N) is 1. The first-order valence-electron chi connectivity index (χ1n) is 6.93. The number of aryl methyl sites for hydroxylation is 1. The molecule has 0 saturated carbocycles. The summed E-state index contributed by atoms with van der Waals surface area (Å²) in [6, 6.07) is 0. The molecule has 2 N–H and O–H groups in total. The van der Waals surface area contributed by atoms with Crippen LogP contribution in [0.15, 0.2) is 15.8 Å². The molecule has 2 rings (SSSR count). The highest BCUT2D eigenvalue weighted by molar-refractivity contribution is 7.75. The average Bonchev–Trinajstić information content (AvgIpc) is 2.85. The molecule has 0 aliphatic carbocycles. The van der Waals surface area contributed by atoms with Gasteiger partial charge in [-0.1, -0.05) is 6.92 Å². The number of hydrogen-bond acceptors (Lipinski definition) is 7. The lowest BCUT2D eigenvalue weighted by atomic mass is 10.0. The van der Waals surface area contributed by atoms with Crippen LogP contribution in [0.4, 0.5) is 0 Å². The zero-order chi connectivity index (χ0) is 17.4. The van der Waals surface area contributed by atoms with E-state index in [4.69, 9.17) is 13.8 Å². The van der Waals surface area contributed by atoms with Gasteiger partial charge in [0.2, 0.25) is 0 Å². The predicted octanol–water partition coefficient (Wildman–Crippen LogP) is -0.456. The van der Waals surface area contributed by atoms with E-state index in [9.17, 15) is 19.0 Å². The minimum Gasteiger partial charge on any atom is -0.779 e. The Bertz CT molecular complexity index is 727. The van der Waals surface area contributed by atoms with Crippen LogP contribution in [-0.4, -0.2) is 32.8 Å². The predicted molar refractivity (Wildman–Crippen MR) is 82.3 cm³/mol. The smallest absolute Gasteiger partial charge is 0.330 e. The third kappa shape index (κ3) is 4.34. The number of nitrogens with one attached hydrogen (secondary N) is 1. The van der Waals surface area contributed by atoms with Crippen molar-refractivity contribution < 1.29 is 23.3 Å². The SMILES string of the molecule is Cc1cn([C@H]2CC(OS)[C@@H]([C@H](C)CP(=O)([O-])O)O2)c(=O)[nH]c1=O. The third-order valence-electron chi connectivity index (χ3n) is 3.79. The van der Waals surface area contributed by atoms with E-state index in [1.54, 1.807) is 13.8 Å². The lowest BCUT2D eigenvalue weighted by Crippen LogP contribution is -2.34. The molecule has 2 heterocycles. The topological polar surface area (TPSA) is 134 Å². The van der Waals surface area contributed by atoms with Gasteiger partial charge in [0.25, 0.3) is 5.56 Å². The van der Waals surface area contributed by atoms with E-state index in [1.165, 1.54) is 10.8 Å². The quantitative estimate of drug-likeness (QED) is 0.365. The molecule has 1 aromatic rings. The highest BCUT2D eigenvalue weighted by atomic mass is 32.1. The number of rotatable bonds is 5. The zero-order valence-electron chi connectivity index (χ0n) is 12.5. The van der Waals surface area contributed by atoms with Crippen LogP contribution >= 0.6 is 20.5 Å². The Morgan fingerprint density at radius 3 is 2.87 bits per heavy atom. The van der Waals surface area contributed by atoms with E-state index in [0.717, 1.165) is 0 Å². The van der Waals surface area contributed by atoms with Gasteiger partial charge in [-0.3, -0.25) is 14.3 Å². The molecule has 23 heavy (non-hydrogen) atoms. The number of aromatic nitrogens is 2. The second kappa shape index (κ2) is 6.92. The van der Waals surface area contributed by atoms with Gasteiger partial charge in [0.05, 0.1) is 6.10 Å². The highest BCUT2D eigenvalue weighted by Gasteiger charge is 2.41. The summed E-state index contributed by atoms with van der Waals surface area (Å²) in [7, 11) is -4.45. The van der Waals surface area contributed by atoms with Gasteiger partial charge in [-0.05, 0) is 25.8 Å². The normalized spacial score (nSPS) is 28.5. The van der Waals surface area contributed by atoms with Crippen LogP contribution in [-0.2, 0) is 13.5 Å².